The molecule has 1 fully saturated rings. The van der Waals surface area contributed by atoms with Gasteiger partial charge in [0, 0.05) is 23.9 Å². The van der Waals surface area contributed by atoms with Gasteiger partial charge in [0.05, 0.1) is 11.7 Å². The molecular weight excluding hydrogens is 346 g/mol. The molecule has 3 aromatic heterocycles. The Balaban J connectivity index is 1.69. The Kier molecular flexibility index (Phi) is 4.29. The number of aromatic amines is 1. The molecule has 0 radical (unpaired) electrons. The van der Waals surface area contributed by atoms with E-state index in [0.29, 0.717) is 24.2 Å². The monoisotopic (exact) mass is 369 g/mol. The number of amides is 1. The van der Waals surface area contributed by atoms with Gasteiger partial charge in [-0.25, -0.2) is 19.2 Å². The van der Waals surface area contributed by atoms with Crippen molar-refractivity contribution in [1.29, 1.82) is 0 Å². The van der Waals surface area contributed by atoms with Crippen LogP contribution in [-0.4, -0.2) is 46.7 Å². The number of nitrogens with one attached hydrogen (secondary N) is 1. The molecule has 9 nitrogen and oxygen atoms in total. The Morgan fingerprint density at radius 2 is 2.26 bits per heavy atom. The van der Waals surface area contributed by atoms with E-state index in [9.17, 15) is 9.59 Å². The van der Waals surface area contributed by atoms with Crippen molar-refractivity contribution in [3.8, 4) is 0 Å². The van der Waals surface area contributed by atoms with Crippen LogP contribution < -0.4 is 5.56 Å². The molecule has 1 amide bonds. The van der Waals surface area contributed by atoms with Crippen LogP contribution in [0.15, 0.2) is 23.5 Å². The first kappa shape index (κ1) is 17.4. The molecule has 1 aliphatic rings. The predicted octanol–water partition coefficient (Wildman–Crippen LogP) is 1.41. The summed E-state index contributed by atoms with van der Waals surface area (Å²) in [5, 5.41) is 7.26. The molecule has 2 unspecified atom stereocenters. The van der Waals surface area contributed by atoms with Gasteiger partial charge < -0.3 is 4.90 Å². The van der Waals surface area contributed by atoms with Gasteiger partial charge in [0.1, 0.15) is 18.7 Å². The fourth-order valence-electron chi connectivity index (χ4n) is 3.89. The first-order valence-corrected chi connectivity index (χ1v) is 9.27. The summed E-state index contributed by atoms with van der Waals surface area (Å²) < 4.78 is 3.05. The molecule has 0 spiro atoms. The number of fused-ring (bicyclic) bond motifs is 1. The maximum Gasteiger partial charge on any atom is 0.276 e. The SMILES string of the molecule is CCc1c(C)nc2cc(C3CCCN3C(=O)C(C)n3cncn3)[nH]n2c1=O. The summed E-state index contributed by atoms with van der Waals surface area (Å²) in [6.45, 7) is 6.31. The maximum atomic E-state index is 13.0. The molecular formula is C18H23N7O2. The summed E-state index contributed by atoms with van der Waals surface area (Å²) in [5.41, 5.74) is 2.82. The first-order valence-electron chi connectivity index (χ1n) is 9.27. The fourth-order valence-corrected chi connectivity index (χ4v) is 3.89. The first-order chi connectivity index (χ1) is 13.0. The van der Waals surface area contributed by atoms with Crippen LogP contribution in [0.25, 0.3) is 5.65 Å². The third-order valence-electron chi connectivity index (χ3n) is 5.37. The van der Waals surface area contributed by atoms with Crippen molar-refractivity contribution in [3.63, 3.8) is 0 Å². The van der Waals surface area contributed by atoms with E-state index >= 15 is 0 Å². The molecule has 4 rings (SSSR count). The van der Waals surface area contributed by atoms with Gasteiger partial charge in [0.2, 0.25) is 5.91 Å². The minimum absolute atomic E-state index is 0.00705. The van der Waals surface area contributed by atoms with Crippen molar-refractivity contribution < 1.29 is 4.79 Å². The normalized spacial score (nSPS) is 18.3. The molecule has 0 bridgehead atoms. The second-order valence-corrected chi connectivity index (χ2v) is 6.98. The van der Waals surface area contributed by atoms with Crippen LogP contribution in [0.2, 0.25) is 0 Å². The summed E-state index contributed by atoms with van der Waals surface area (Å²) in [7, 11) is 0. The van der Waals surface area contributed by atoms with Crippen LogP contribution >= 0.6 is 0 Å². The molecule has 3 aromatic rings. The number of aryl methyl sites for hydroxylation is 1. The van der Waals surface area contributed by atoms with E-state index in [2.05, 4.69) is 20.2 Å². The number of nitrogens with zero attached hydrogens (tertiary/aromatic N) is 6. The van der Waals surface area contributed by atoms with Gasteiger partial charge in [0.15, 0.2) is 5.65 Å². The Labute approximate surface area is 156 Å². The van der Waals surface area contributed by atoms with Crippen molar-refractivity contribution in [3.05, 3.63) is 46.0 Å². The average Bonchev–Trinajstić information content (AvgIpc) is 3.39. The molecule has 2 atom stereocenters. The van der Waals surface area contributed by atoms with Crippen molar-refractivity contribution in [2.24, 2.45) is 0 Å². The Morgan fingerprint density at radius 3 is 2.96 bits per heavy atom. The quantitative estimate of drug-likeness (QED) is 0.749. The van der Waals surface area contributed by atoms with Crippen molar-refractivity contribution >= 4 is 11.6 Å². The predicted molar refractivity (Wildman–Crippen MR) is 98.3 cm³/mol. The van der Waals surface area contributed by atoms with Gasteiger partial charge >= 0.3 is 0 Å². The minimum Gasteiger partial charge on any atom is -0.332 e. The zero-order valence-corrected chi connectivity index (χ0v) is 15.7. The summed E-state index contributed by atoms with van der Waals surface area (Å²) >= 11 is 0. The zero-order valence-electron chi connectivity index (χ0n) is 15.7. The van der Waals surface area contributed by atoms with Crippen LogP contribution in [0.3, 0.4) is 0 Å². The Bertz CT molecular complexity index is 1030. The highest BCUT2D eigenvalue weighted by atomic mass is 16.2. The van der Waals surface area contributed by atoms with E-state index < -0.39 is 6.04 Å². The number of carbonyl (C=O) groups is 1. The number of H-pyrrole nitrogens is 1. The minimum atomic E-state index is -0.424. The van der Waals surface area contributed by atoms with Crippen LogP contribution in [0.5, 0.6) is 0 Å². The van der Waals surface area contributed by atoms with Gasteiger partial charge in [-0.2, -0.15) is 5.10 Å². The standard InChI is InChI=1S/C18H23N7O2/c1-4-13-11(2)21-16-8-14(22-25(16)18(13)27)15-6-5-7-23(15)17(26)12(3)24-10-19-9-20-24/h8-10,12,15,22H,4-7H2,1-3H3. The summed E-state index contributed by atoms with van der Waals surface area (Å²) in [6, 6.07) is 1.35. The van der Waals surface area contributed by atoms with Crippen LogP contribution in [-0.2, 0) is 11.2 Å². The van der Waals surface area contributed by atoms with Crippen LogP contribution in [0, 0.1) is 6.92 Å². The third kappa shape index (κ3) is 2.83. The molecule has 27 heavy (non-hydrogen) atoms. The lowest BCUT2D eigenvalue weighted by Crippen LogP contribution is -2.36. The molecule has 142 valence electrons. The average molecular weight is 369 g/mol. The number of aromatic nitrogens is 6. The highest BCUT2D eigenvalue weighted by molar-refractivity contribution is 5.80. The highest BCUT2D eigenvalue weighted by Gasteiger charge is 2.34. The van der Waals surface area contributed by atoms with Crippen molar-refractivity contribution in [1.82, 2.24) is 34.3 Å². The highest BCUT2D eigenvalue weighted by Crippen LogP contribution is 2.33. The van der Waals surface area contributed by atoms with Crippen molar-refractivity contribution in [2.45, 2.75) is 52.1 Å². The van der Waals surface area contributed by atoms with Gasteiger partial charge in [-0.1, -0.05) is 6.92 Å². The van der Waals surface area contributed by atoms with Gasteiger partial charge in [-0.3, -0.25) is 14.7 Å². The number of likely N-dealkylation sites (tertiary alicyclic amines) is 1. The van der Waals surface area contributed by atoms with Gasteiger partial charge in [0.25, 0.3) is 5.56 Å². The molecule has 0 saturated carbocycles. The van der Waals surface area contributed by atoms with Gasteiger partial charge in [-0.05, 0) is 33.1 Å². The number of hydrogen-bond donors (Lipinski definition) is 1. The Hall–Kier alpha value is -2.97. The molecule has 0 aromatic carbocycles. The smallest absolute Gasteiger partial charge is 0.276 e. The molecule has 4 heterocycles. The number of rotatable bonds is 4. The van der Waals surface area contributed by atoms with Crippen LogP contribution in [0.1, 0.15) is 55.7 Å². The van der Waals surface area contributed by atoms with E-state index in [1.165, 1.54) is 10.8 Å². The molecule has 9 heteroatoms. The molecule has 0 aliphatic carbocycles. The van der Waals surface area contributed by atoms with Crippen LogP contribution in [0.4, 0.5) is 0 Å². The lowest BCUT2D eigenvalue weighted by atomic mass is 10.1. The lowest BCUT2D eigenvalue weighted by molar-refractivity contribution is -0.135. The van der Waals surface area contributed by atoms with E-state index in [1.54, 1.807) is 11.0 Å². The largest absolute Gasteiger partial charge is 0.332 e. The molecule has 1 aliphatic heterocycles. The van der Waals surface area contributed by atoms with Gasteiger partial charge in [-0.15, -0.1) is 0 Å². The van der Waals surface area contributed by atoms with E-state index in [0.717, 1.165) is 24.2 Å². The van der Waals surface area contributed by atoms with E-state index in [-0.39, 0.29) is 17.5 Å². The maximum absolute atomic E-state index is 13.0. The second kappa shape index (κ2) is 6.64. The second-order valence-electron chi connectivity index (χ2n) is 6.98. The third-order valence-corrected chi connectivity index (χ3v) is 5.37. The number of hydrogen-bond acceptors (Lipinski definition) is 5. The van der Waals surface area contributed by atoms with E-state index in [1.807, 2.05) is 31.7 Å². The lowest BCUT2D eigenvalue weighted by Gasteiger charge is -2.26. The summed E-state index contributed by atoms with van der Waals surface area (Å²) in [4.78, 5) is 36.0. The Morgan fingerprint density at radius 1 is 1.44 bits per heavy atom. The fraction of sp³-hybridized carbons (Fsp3) is 0.500. The summed E-state index contributed by atoms with van der Waals surface area (Å²) in [5.74, 6) is -0.00705. The molecule has 1 saturated heterocycles. The zero-order chi connectivity index (χ0) is 19.1. The topological polar surface area (TPSA) is 101 Å². The number of carbonyl (C=O) groups excluding carboxylic acids is 1. The summed E-state index contributed by atoms with van der Waals surface area (Å²) in [6.07, 6.45) is 5.37. The van der Waals surface area contributed by atoms with Crippen molar-refractivity contribution in [2.75, 3.05) is 6.54 Å². The molecule has 1 N–H and O–H groups in total. The van der Waals surface area contributed by atoms with E-state index in [4.69, 9.17) is 0 Å².